The summed E-state index contributed by atoms with van der Waals surface area (Å²) in [6.45, 7) is 0.887. The molecule has 0 aliphatic carbocycles. The van der Waals surface area contributed by atoms with Crippen LogP contribution in [0.3, 0.4) is 0 Å². The van der Waals surface area contributed by atoms with Crippen LogP contribution in [0.25, 0.3) is 0 Å². The second-order valence-corrected chi connectivity index (χ2v) is 3.08. The molecule has 0 spiro atoms. The van der Waals surface area contributed by atoms with Gasteiger partial charge in [0.1, 0.15) is 0 Å². The molecule has 2 rings (SSSR count). The van der Waals surface area contributed by atoms with Crippen LogP contribution in [0.5, 0.6) is 0 Å². The first-order chi connectivity index (χ1) is 5.77. The lowest BCUT2D eigenvalue weighted by atomic mass is 10.2. The lowest BCUT2D eigenvalue weighted by molar-refractivity contribution is 0.303. The molecular formula is C8H12N4. The average molecular weight is 164 g/mol. The maximum atomic E-state index is 4.18. The summed E-state index contributed by atoms with van der Waals surface area (Å²) in [4.78, 5) is 4.23. The SMILES string of the molecule is CN1C=C2C=CNN=C2N(C)C1. The summed E-state index contributed by atoms with van der Waals surface area (Å²) in [6, 6.07) is 0. The molecular weight excluding hydrogens is 152 g/mol. The number of hydrazone groups is 1. The van der Waals surface area contributed by atoms with Gasteiger partial charge in [0.05, 0.1) is 6.67 Å². The Morgan fingerprint density at radius 3 is 3.17 bits per heavy atom. The molecule has 0 aromatic heterocycles. The van der Waals surface area contributed by atoms with Gasteiger partial charge >= 0.3 is 0 Å². The van der Waals surface area contributed by atoms with E-state index >= 15 is 0 Å². The highest BCUT2D eigenvalue weighted by molar-refractivity contribution is 6.01. The van der Waals surface area contributed by atoms with E-state index in [1.54, 1.807) is 0 Å². The molecule has 0 atom stereocenters. The van der Waals surface area contributed by atoms with Crippen molar-refractivity contribution in [2.75, 3.05) is 20.8 Å². The smallest absolute Gasteiger partial charge is 0.158 e. The molecule has 4 nitrogen and oxygen atoms in total. The monoisotopic (exact) mass is 164 g/mol. The molecule has 2 aliphatic rings. The van der Waals surface area contributed by atoms with Gasteiger partial charge in [-0.1, -0.05) is 0 Å². The van der Waals surface area contributed by atoms with Crippen LogP contribution in [0.1, 0.15) is 0 Å². The highest BCUT2D eigenvalue weighted by Gasteiger charge is 2.18. The number of nitrogens with zero attached hydrogens (tertiary/aromatic N) is 3. The van der Waals surface area contributed by atoms with E-state index in [1.165, 1.54) is 0 Å². The molecule has 0 aromatic rings. The highest BCUT2D eigenvalue weighted by Crippen LogP contribution is 2.13. The first-order valence-corrected chi connectivity index (χ1v) is 3.91. The van der Waals surface area contributed by atoms with Crippen molar-refractivity contribution in [3.05, 3.63) is 24.0 Å². The number of rotatable bonds is 0. The van der Waals surface area contributed by atoms with E-state index in [9.17, 15) is 0 Å². The predicted molar refractivity (Wildman–Crippen MR) is 48.2 cm³/mol. The second kappa shape index (κ2) is 2.55. The third-order valence-corrected chi connectivity index (χ3v) is 1.92. The Hall–Kier alpha value is -1.45. The Bertz CT molecular complexity index is 277. The van der Waals surface area contributed by atoms with E-state index in [-0.39, 0.29) is 0 Å². The van der Waals surface area contributed by atoms with Crippen LogP contribution in [0.4, 0.5) is 0 Å². The van der Waals surface area contributed by atoms with Crippen LogP contribution < -0.4 is 5.43 Å². The number of hydrogen-bond acceptors (Lipinski definition) is 4. The molecule has 0 unspecified atom stereocenters. The molecule has 0 amide bonds. The minimum absolute atomic E-state index is 0.887. The van der Waals surface area contributed by atoms with Crippen molar-refractivity contribution in [2.45, 2.75) is 0 Å². The zero-order valence-electron chi connectivity index (χ0n) is 7.28. The van der Waals surface area contributed by atoms with Crippen LogP contribution in [-0.2, 0) is 0 Å². The van der Waals surface area contributed by atoms with Crippen molar-refractivity contribution in [1.82, 2.24) is 15.2 Å². The van der Waals surface area contributed by atoms with E-state index in [1.807, 2.05) is 19.3 Å². The largest absolute Gasteiger partial charge is 0.362 e. The van der Waals surface area contributed by atoms with Gasteiger partial charge in [0.25, 0.3) is 0 Å². The second-order valence-electron chi connectivity index (χ2n) is 3.08. The maximum absolute atomic E-state index is 4.18. The number of hydrogen-bond donors (Lipinski definition) is 1. The van der Waals surface area contributed by atoms with Gasteiger partial charge in [0, 0.05) is 32.1 Å². The molecule has 1 N–H and O–H groups in total. The quantitative estimate of drug-likeness (QED) is 0.552. The van der Waals surface area contributed by atoms with Gasteiger partial charge in [-0.25, -0.2) is 0 Å². The zero-order valence-corrected chi connectivity index (χ0v) is 7.28. The van der Waals surface area contributed by atoms with Gasteiger partial charge in [-0.3, -0.25) is 5.43 Å². The third kappa shape index (κ3) is 1.05. The van der Waals surface area contributed by atoms with Crippen molar-refractivity contribution >= 4 is 5.84 Å². The lowest BCUT2D eigenvalue weighted by Crippen LogP contribution is -2.41. The van der Waals surface area contributed by atoms with Crippen LogP contribution in [-0.4, -0.2) is 36.4 Å². The Labute approximate surface area is 71.8 Å². The molecule has 0 bridgehead atoms. The van der Waals surface area contributed by atoms with Crippen molar-refractivity contribution in [2.24, 2.45) is 5.10 Å². The first kappa shape index (κ1) is 7.21. The van der Waals surface area contributed by atoms with E-state index in [4.69, 9.17) is 0 Å². The lowest BCUT2D eigenvalue weighted by Gasteiger charge is -2.32. The van der Waals surface area contributed by atoms with Crippen molar-refractivity contribution in [3.63, 3.8) is 0 Å². The Morgan fingerprint density at radius 2 is 2.33 bits per heavy atom. The summed E-state index contributed by atoms with van der Waals surface area (Å²) >= 11 is 0. The van der Waals surface area contributed by atoms with E-state index in [0.717, 1.165) is 18.1 Å². The summed E-state index contributed by atoms with van der Waals surface area (Å²) in [5.74, 6) is 1.01. The molecule has 2 heterocycles. The topological polar surface area (TPSA) is 30.9 Å². The van der Waals surface area contributed by atoms with Gasteiger partial charge in [0.15, 0.2) is 5.84 Å². The summed E-state index contributed by atoms with van der Waals surface area (Å²) in [5.41, 5.74) is 3.99. The molecule has 0 saturated heterocycles. The van der Waals surface area contributed by atoms with Crippen LogP contribution in [0.15, 0.2) is 29.2 Å². The highest BCUT2D eigenvalue weighted by atomic mass is 15.4. The Kier molecular flexibility index (Phi) is 1.53. The van der Waals surface area contributed by atoms with Crippen LogP contribution >= 0.6 is 0 Å². The Balaban J connectivity index is 2.35. The molecule has 0 saturated carbocycles. The molecule has 4 heteroatoms. The van der Waals surface area contributed by atoms with Gasteiger partial charge in [-0.05, 0) is 6.08 Å². The minimum Gasteiger partial charge on any atom is -0.362 e. The molecule has 0 aromatic carbocycles. The third-order valence-electron chi connectivity index (χ3n) is 1.92. The fourth-order valence-corrected chi connectivity index (χ4v) is 1.45. The number of nitrogens with one attached hydrogen (secondary N) is 1. The maximum Gasteiger partial charge on any atom is 0.158 e. The molecule has 0 radical (unpaired) electrons. The van der Waals surface area contributed by atoms with Gasteiger partial charge in [-0.15, -0.1) is 0 Å². The van der Waals surface area contributed by atoms with Crippen LogP contribution in [0.2, 0.25) is 0 Å². The summed E-state index contributed by atoms with van der Waals surface area (Å²) in [6.07, 6.45) is 5.95. The molecule has 12 heavy (non-hydrogen) atoms. The summed E-state index contributed by atoms with van der Waals surface area (Å²) in [7, 11) is 4.08. The van der Waals surface area contributed by atoms with Gasteiger partial charge in [0.2, 0.25) is 0 Å². The summed E-state index contributed by atoms with van der Waals surface area (Å²) in [5, 5.41) is 4.18. The van der Waals surface area contributed by atoms with E-state index < -0.39 is 0 Å². The molecule has 0 fully saturated rings. The first-order valence-electron chi connectivity index (χ1n) is 3.91. The average Bonchev–Trinajstić information content (AvgIpc) is 2.04. The summed E-state index contributed by atoms with van der Waals surface area (Å²) < 4.78 is 0. The Morgan fingerprint density at radius 1 is 1.50 bits per heavy atom. The standard InChI is InChI=1S/C8H12N4/c1-11-5-7-3-4-9-10-8(7)12(2)6-11/h3-5,9H,6H2,1-2H3. The normalized spacial score (nSPS) is 21.2. The molecule has 64 valence electrons. The van der Waals surface area contributed by atoms with Gasteiger partial charge in [-0.2, -0.15) is 5.10 Å². The van der Waals surface area contributed by atoms with Crippen molar-refractivity contribution in [1.29, 1.82) is 0 Å². The van der Waals surface area contributed by atoms with E-state index in [2.05, 4.69) is 33.6 Å². The fourth-order valence-electron chi connectivity index (χ4n) is 1.45. The fraction of sp³-hybridized carbons (Fsp3) is 0.375. The predicted octanol–water partition coefficient (Wildman–Crippen LogP) is 0.135. The van der Waals surface area contributed by atoms with Crippen molar-refractivity contribution in [3.8, 4) is 0 Å². The number of likely N-dealkylation sites (N-methyl/N-ethyl adjacent to an activating group) is 1. The van der Waals surface area contributed by atoms with E-state index in [0.29, 0.717) is 0 Å². The van der Waals surface area contributed by atoms with Crippen LogP contribution in [0, 0.1) is 0 Å². The molecule has 2 aliphatic heterocycles. The minimum atomic E-state index is 0.887. The van der Waals surface area contributed by atoms with Crippen molar-refractivity contribution < 1.29 is 0 Å². The number of fused-ring (bicyclic) bond motifs is 1. The zero-order chi connectivity index (χ0) is 8.55. The van der Waals surface area contributed by atoms with Gasteiger partial charge < -0.3 is 9.80 Å². The number of amidine groups is 1.